The van der Waals surface area contributed by atoms with Crippen molar-refractivity contribution in [3.05, 3.63) is 29.8 Å². The Morgan fingerprint density at radius 2 is 1.93 bits per heavy atom. The standard InChI is InChI=1S/C20H29F3N4O/c1-25(17-6-7-17)15-19(28)24-8-3-9-26-10-12-27(13-11-26)18-5-2-4-16(14-18)20(21,22)23/h2,4-5,14,17H,3,6-13,15H2,1H3,(H,24,28). The van der Waals surface area contributed by atoms with Crippen LogP contribution in [0.5, 0.6) is 0 Å². The molecule has 28 heavy (non-hydrogen) atoms. The van der Waals surface area contributed by atoms with Gasteiger partial charge in [-0.2, -0.15) is 13.2 Å². The van der Waals surface area contributed by atoms with Crippen molar-refractivity contribution in [2.24, 2.45) is 0 Å². The molecule has 0 radical (unpaired) electrons. The molecule has 1 aromatic rings. The van der Waals surface area contributed by atoms with Crippen LogP contribution in [-0.4, -0.2) is 74.6 Å². The summed E-state index contributed by atoms with van der Waals surface area (Å²) in [5, 5.41) is 2.97. The summed E-state index contributed by atoms with van der Waals surface area (Å²) < 4.78 is 38.6. The summed E-state index contributed by atoms with van der Waals surface area (Å²) >= 11 is 0. The summed E-state index contributed by atoms with van der Waals surface area (Å²) in [4.78, 5) is 18.3. The Kier molecular flexibility index (Phi) is 6.82. The van der Waals surface area contributed by atoms with Gasteiger partial charge in [-0.25, -0.2) is 0 Å². The van der Waals surface area contributed by atoms with Gasteiger partial charge in [0.05, 0.1) is 12.1 Å². The van der Waals surface area contributed by atoms with Crippen molar-refractivity contribution >= 4 is 11.6 Å². The lowest BCUT2D eigenvalue weighted by Gasteiger charge is -2.36. The fourth-order valence-corrected chi connectivity index (χ4v) is 3.57. The van der Waals surface area contributed by atoms with Gasteiger partial charge in [0.1, 0.15) is 0 Å². The lowest BCUT2D eigenvalue weighted by atomic mass is 10.1. The first-order chi connectivity index (χ1) is 13.3. The van der Waals surface area contributed by atoms with Crippen LogP contribution in [0.3, 0.4) is 0 Å². The number of amides is 1. The second-order valence-electron chi connectivity index (χ2n) is 7.73. The Bertz CT molecular complexity index is 655. The zero-order chi connectivity index (χ0) is 20.1. The van der Waals surface area contributed by atoms with Crippen LogP contribution in [-0.2, 0) is 11.0 Å². The number of rotatable bonds is 8. The Hall–Kier alpha value is -1.80. The van der Waals surface area contributed by atoms with E-state index < -0.39 is 11.7 Å². The molecule has 1 saturated heterocycles. The van der Waals surface area contributed by atoms with Gasteiger partial charge in [-0.3, -0.25) is 14.6 Å². The number of hydrogen-bond donors (Lipinski definition) is 1. The third kappa shape index (κ3) is 6.10. The monoisotopic (exact) mass is 398 g/mol. The van der Waals surface area contributed by atoms with Gasteiger partial charge >= 0.3 is 6.18 Å². The quantitative estimate of drug-likeness (QED) is 0.683. The van der Waals surface area contributed by atoms with Crippen molar-refractivity contribution < 1.29 is 18.0 Å². The molecule has 0 spiro atoms. The molecule has 8 heteroatoms. The highest BCUT2D eigenvalue weighted by atomic mass is 19.4. The predicted octanol–water partition coefficient (Wildman–Crippen LogP) is 2.43. The first-order valence-corrected chi connectivity index (χ1v) is 9.94. The molecule has 0 bridgehead atoms. The minimum Gasteiger partial charge on any atom is -0.369 e. The largest absolute Gasteiger partial charge is 0.416 e. The van der Waals surface area contributed by atoms with Gasteiger partial charge in [-0.1, -0.05) is 6.07 Å². The van der Waals surface area contributed by atoms with Crippen molar-refractivity contribution in [2.45, 2.75) is 31.5 Å². The Balaban J connectivity index is 1.34. The molecule has 1 aliphatic heterocycles. The molecule has 156 valence electrons. The Morgan fingerprint density at radius 1 is 1.21 bits per heavy atom. The van der Waals surface area contributed by atoms with E-state index in [4.69, 9.17) is 0 Å². The highest BCUT2D eigenvalue weighted by Gasteiger charge is 2.31. The number of halogens is 3. The number of anilines is 1. The smallest absolute Gasteiger partial charge is 0.369 e. The number of carbonyl (C=O) groups is 1. The van der Waals surface area contributed by atoms with Crippen molar-refractivity contribution in [1.29, 1.82) is 0 Å². The van der Waals surface area contributed by atoms with Gasteiger partial charge in [0.2, 0.25) is 5.91 Å². The molecule has 2 aliphatic rings. The zero-order valence-corrected chi connectivity index (χ0v) is 16.3. The first kappa shape index (κ1) is 20.9. The van der Waals surface area contributed by atoms with Gasteiger partial charge in [0.25, 0.3) is 0 Å². The van der Waals surface area contributed by atoms with Crippen LogP contribution in [0.1, 0.15) is 24.8 Å². The molecule has 0 unspecified atom stereocenters. The van der Waals surface area contributed by atoms with E-state index in [1.807, 2.05) is 11.9 Å². The molecule has 0 aromatic heterocycles. The van der Waals surface area contributed by atoms with Crippen LogP contribution >= 0.6 is 0 Å². The normalized spacial score (nSPS) is 18.5. The van der Waals surface area contributed by atoms with E-state index in [1.54, 1.807) is 6.07 Å². The van der Waals surface area contributed by atoms with Crippen LogP contribution in [0.4, 0.5) is 18.9 Å². The maximum Gasteiger partial charge on any atom is 0.416 e. The average molecular weight is 398 g/mol. The van der Waals surface area contributed by atoms with E-state index in [0.717, 1.165) is 32.1 Å². The number of piperazine rings is 1. The average Bonchev–Trinajstić information content (AvgIpc) is 3.50. The molecule has 1 aliphatic carbocycles. The van der Waals surface area contributed by atoms with E-state index in [2.05, 4.69) is 15.1 Å². The number of benzene rings is 1. The van der Waals surface area contributed by atoms with Crippen LogP contribution < -0.4 is 10.2 Å². The van der Waals surface area contributed by atoms with Gasteiger partial charge < -0.3 is 10.2 Å². The van der Waals surface area contributed by atoms with Crippen LogP contribution in [0, 0.1) is 0 Å². The molecule has 5 nitrogen and oxygen atoms in total. The van der Waals surface area contributed by atoms with E-state index in [9.17, 15) is 18.0 Å². The lowest BCUT2D eigenvalue weighted by Crippen LogP contribution is -2.47. The first-order valence-electron chi connectivity index (χ1n) is 9.94. The minimum absolute atomic E-state index is 0.0729. The predicted molar refractivity (Wildman–Crippen MR) is 103 cm³/mol. The number of hydrogen-bond acceptors (Lipinski definition) is 4. The number of nitrogens with one attached hydrogen (secondary N) is 1. The van der Waals surface area contributed by atoms with Gasteiger partial charge in [0.15, 0.2) is 0 Å². The maximum absolute atomic E-state index is 12.9. The fraction of sp³-hybridized carbons (Fsp3) is 0.650. The minimum atomic E-state index is -4.31. The lowest BCUT2D eigenvalue weighted by molar-refractivity contribution is -0.137. The van der Waals surface area contributed by atoms with Crippen LogP contribution in [0.25, 0.3) is 0 Å². The van der Waals surface area contributed by atoms with Crippen LogP contribution in [0.2, 0.25) is 0 Å². The van der Waals surface area contributed by atoms with Crippen molar-refractivity contribution in [3.63, 3.8) is 0 Å². The molecule has 2 fully saturated rings. The molecule has 1 amide bonds. The second kappa shape index (κ2) is 9.13. The van der Waals surface area contributed by atoms with E-state index >= 15 is 0 Å². The highest BCUT2D eigenvalue weighted by Crippen LogP contribution is 2.31. The molecule has 1 N–H and O–H groups in total. The van der Waals surface area contributed by atoms with Crippen molar-refractivity contribution in [3.8, 4) is 0 Å². The Labute approximate surface area is 164 Å². The van der Waals surface area contributed by atoms with E-state index in [1.165, 1.54) is 25.0 Å². The van der Waals surface area contributed by atoms with E-state index in [0.29, 0.717) is 37.9 Å². The summed E-state index contributed by atoms with van der Waals surface area (Å²) in [7, 11) is 1.99. The van der Waals surface area contributed by atoms with Gasteiger partial charge in [0, 0.05) is 44.5 Å². The number of alkyl halides is 3. The van der Waals surface area contributed by atoms with E-state index in [-0.39, 0.29) is 5.91 Å². The second-order valence-corrected chi connectivity index (χ2v) is 7.73. The molecule has 1 saturated carbocycles. The Morgan fingerprint density at radius 3 is 2.57 bits per heavy atom. The van der Waals surface area contributed by atoms with Gasteiger partial charge in [-0.05, 0) is 51.1 Å². The maximum atomic E-state index is 12.9. The summed E-state index contributed by atoms with van der Waals surface area (Å²) in [6.45, 7) is 5.05. The number of likely N-dealkylation sites (N-methyl/N-ethyl adjacent to an activating group) is 1. The highest BCUT2D eigenvalue weighted by molar-refractivity contribution is 5.78. The molecular weight excluding hydrogens is 369 g/mol. The zero-order valence-electron chi connectivity index (χ0n) is 16.3. The summed E-state index contributed by atoms with van der Waals surface area (Å²) in [6, 6.07) is 6.12. The van der Waals surface area contributed by atoms with Crippen molar-refractivity contribution in [2.75, 3.05) is 57.8 Å². The third-order valence-corrected chi connectivity index (χ3v) is 5.45. The SMILES string of the molecule is CN(CC(=O)NCCCN1CCN(c2cccc(C(F)(F)F)c2)CC1)C1CC1. The molecule has 1 aromatic carbocycles. The third-order valence-electron chi connectivity index (χ3n) is 5.45. The van der Waals surface area contributed by atoms with Gasteiger partial charge in [-0.15, -0.1) is 0 Å². The molecule has 0 atom stereocenters. The summed E-state index contributed by atoms with van der Waals surface area (Å²) in [6.07, 6.45) is -1.05. The summed E-state index contributed by atoms with van der Waals surface area (Å²) in [5.41, 5.74) is 0.0250. The van der Waals surface area contributed by atoms with Crippen molar-refractivity contribution in [1.82, 2.24) is 15.1 Å². The number of carbonyl (C=O) groups excluding carboxylic acids is 1. The fourth-order valence-electron chi connectivity index (χ4n) is 3.57. The molecule has 3 rings (SSSR count). The molecule has 1 heterocycles. The van der Waals surface area contributed by atoms with Crippen LogP contribution in [0.15, 0.2) is 24.3 Å². The summed E-state index contributed by atoms with van der Waals surface area (Å²) in [5.74, 6) is 0.0729. The topological polar surface area (TPSA) is 38.8 Å². The number of nitrogens with zero attached hydrogens (tertiary/aromatic N) is 3. The molecular formula is C20H29F3N4O.